The minimum Gasteiger partial charge on any atom is -0.339 e. The Kier molecular flexibility index (Phi) is 6.08. The molecule has 0 aliphatic heterocycles. The van der Waals surface area contributed by atoms with Crippen LogP contribution in [0.3, 0.4) is 0 Å². The second-order valence-corrected chi connectivity index (χ2v) is 5.98. The van der Waals surface area contributed by atoms with Gasteiger partial charge in [0.1, 0.15) is 0 Å². The largest absolute Gasteiger partial charge is 0.339 e. The van der Waals surface area contributed by atoms with Gasteiger partial charge in [0.2, 0.25) is 5.91 Å². The molecule has 0 aliphatic rings. The molecule has 2 rings (SSSR count). The second kappa shape index (κ2) is 8.26. The van der Waals surface area contributed by atoms with Crippen LogP contribution < -0.4 is 16.0 Å². The van der Waals surface area contributed by atoms with E-state index in [2.05, 4.69) is 31.9 Å². The van der Waals surface area contributed by atoms with E-state index in [0.29, 0.717) is 11.4 Å². The van der Waals surface area contributed by atoms with Gasteiger partial charge < -0.3 is 16.0 Å². The smallest absolute Gasteiger partial charge is 0.313 e. The summed E-state index contributed by atoms with van der Waals surface area (Å²) in [4.78, 5) is 35.2. The molecular weight excluding hydrogens is 374 g/mol. The van der Waals surface area contributed by atoms with Crippen molar-refractivity contribution >= 4 is 45.0 Å². The Labute approximate surface area is 147 Å². The first kappa shape index (κ1) is 17.7. The average molecular weight is 390 g/mol. The van der Waals surface area contributed by atoms with Crippen LogP contribution in [0.25, 0.3) is 0 Å². The SMILES string of the molecule is Cc1cccc(NC(=O)CNC(=O)C(=O)Nc2ccc(Br)cc2)c1. The predicted octanol–water partition coefficient (Wildman–Crippen LogP) is 2.45. The van der Waals surface area contributed by atoms with Gasteiger partial charge in [-0.05, 0) is 48.9 Å². The van der Waals surface area contributed by atoms with Gasteiger partial charge in [-0.2, -0.15) is 0 Å². The molecule has 3 amide bonds. The zero-order valence-electron chi connectivity index (χ0n) is 12.9. The summed E-state index contributed by atoms with van der Waals surface area (Å²) in [6, 6.07) is 14.1. The van der Waals surface area contributed by atoms with Crippen molar-refractivity contribution in [2.45, 2.75) is 6.92 Å². The molecule has 0 heterocycles. The third-order valence-electron chi connectivity index (χ3n) is 3.02. The fourth-order valence-corrected chi connectivity index (χ4v) is 2.15. The summed E-state index contributed by atoms with van der Waals surface area (Å²) in [5, 5.41) is 7.37. The van der Waals surface area contributed by atoms with Gasteiger partial charge in [0.05, 0.1) is 6.54 Å². The summed E-state index contributed by atoms with van der Waals surface area (Å²) < 4.78 is 0.859. The molecule has 3 N–H and O–H groups in total. The number of anilines is 2. The molecule has 0 aliphatic carbocycles. The van der Waals surface area contributed by atoms with E-state index in [4.69, 9.17) is 0 Å². The van der Waals surface area contributed by atoms with E-state index in [1.54, 1.807) is 36.4 Å². The van der Waals surface area contributed by atoms with Gasteiger partial charge in [-0.15, -0.1) is 0 Å². The Morgan fingerprint density at radius 1 is 0.917 bits per heavy atom. The first-order valence-corrected chi connectivity index (χ1v) is 7.94. The van der Waals surface area contributed by atoms with E-state index in [0.717, 1.165) is 10.0 Å². The lowest BCUT2D eigenvalue weighted by atomic mass is 10.2. The van der Waals surface area contributed by atoms with Crippen molar-refractivity contribution in [1.29, 1.82) is 0 Å². The third-order valence-corrected chi connectivity index (χ3v) is 3.55. The van der Waals surface area contributed by atoms with Gasteiger partial charge in [-0.3, -0.25) is 14.4 Å². The quantitative estimate of drug-likeness (QED) is 0.701. The summed E-state index contributed by atoms with van der Waals surface area (Å²) in [5.41, 5.74) is 2.13. The van der Waals surface area contributed by atoms with Gasteiger partial charge in [0.15, 0.2) is 0 Å². The van der Waals surface area contributed by atoms with Gasteiger partial charge in [-0.25, -0.2) is 0 Å². The van der Waals surface area contributed by atoms with Crippen LogP contribution in [-0.4, -0.2) is 24.3 Å². The van der Waals surface area contributed by atoms with Crippen LogP contribution in [0.5, 0.6) is 0 Å². The molecule has 2 aromatic carbocycles. The fraction of sp³-hybridized carbons (Fsp3) is 0.118. The Hall–Kier alpha value is -2.67. The summed E-state index contributed by atoms with van der Waals surface area (Å²) in [6.45, 7) is 1.62. The molecule has 2 aromatic rings. The number of nitrogens with one attached hydrogen (secondary N) is 3. The number of rotatable bonds is 4. The van der Waals surface area contributed by atoms with Crippen molar-refractivity contribution in [1.82, 2.24) is 5.32 Å². The maximum atomic E-state index is 11.8. The van der Waals surface area contributed by atoms with Gasteiger partial charge >= 0.3 is 11.8 Å². The van der Waals surface area contributed by atoms with E-state index in [1.165, 1.54) is 0 Å². The zero-order valence-corrected chi connectivity index (χ0v) is 14.5. The van der Waals surface area contributed by atoms with E-state index in [9.17, 15) is 14.4 Å². The first-order valence-electron chi connectivity index (χ1n) is 7.15. The maximum absolute atomic E-state index is 11.8. The Morgan fingerprint density at radius 3 is 2.29 bits per heavy atom. The third kappa shape index (κ3) is 5.51. The Bertz CT molecular complexity index is 760. The number of carbonyl (C=O) groups is 3. The molecule has 0 saturated carbocycles. The summed E-state index contributed by atoms with van der Waals surface area (Å²) in [6.07, 6.45) is 0. The van der Waals surface area contributed by atoms with E-state index in [-0.39, 0.29) is 6.54 Å². The summed E-state index contributed by atoms with van der Waals surface area (Å²) in [7, 11) is 0. The highest BCUT2D eigenvalue weighted by atomic mass is 79.9. The van der Waals surface area contributed by atoms with Crippen LogP contribution in [0.4, 0.5) is 11.4 Å². The van der Waals surface area contributed by atoms with Crippen molar-refractivity contribution in [2.24, 2.45) is 0 Å². The van der Waals surface area contributed by atoms with E-state index in [1.807, 2.05) is 19.1 Å². The minimum absolute atomic E-state index is 0.291. The fourth-order valence-electron chi connectivity index (χ4n) is 1.89. The molecular formula is C17H16BrN3O3. The molecule has 124 valence electrons. The van der Waals surface area contributed by atoms with Crippen LogP contribution in [-0.2, 0) is 14.4 Å². The summed E-state index contributed by atoms with van der Waals surface area (Å²) >= 11 is 3.28. The molecule has 0 saturated heterocycles. The minimum atomic E-state index is -0.877. The number of benzene rings is 2. The van der Waals surface area contributed by atoms with Gasteiger partial charge in [-0.1, -0.05) is 28.1 Å². The molecule has 0 atom stereocenters. The van der Waals surface area contributed by atoms with Crippen molar-refractivity contribution in [2.75, 3.05) is 17.2 Å². The molecule has 24 heavy (non-hydrogen) atoms. The second-order valence-electron chi connectivity index (χ2n) is 5.06. The van der Waals surface area contributed by atoms with Crippen LogP contribution in [0.1, 0.15) is 5.56 Å². The van der Waals surface area contributed by atoms with Crippen molar-refractivity contribution in [3.63, 3.8) is 0 Å². The number of hydrogen-bond acceptors (Lipinski definition) is 3. The monoisotopic (exact) mass is 389 g/mol. The molecule has 0 spiro atoms. The maximum Gasteiger partial charge on any atom is 0.313 e. The standard InChI is InChI=1S/C17H16BrN3O3/c1-11-3-2-4-14(9-11)20-15(22)10-19-16(23)17(24)21-13-7-5-12(18)6-8-13/h2-9H,10H2,1H3,(H,19,23)(H,20,22)(H,21,24). The molecule has 0 unspecified atom stereocenters. The zero-order chi connectivity index (χ0) is 17.5. The normalized spacial score (nSPS) is 9.92. The average Bonchev–Trinajstić information content (AvgIpc) is 2.54. The molecule has 0 aromatic heterocycles. The number of hydrogen-bond donors (Lipinski definition) is 3. The van der Waals surface area contributed by atoms with Crippen molar-refractivity contribution in [3.05, 3.63) is 58.6 Å². The lowest BCUT2D eigenvalue weighted by molar-refractivity contribution is -0.136. The first-order chi connectivity index (χ1) is 11.4. The highest BCUT2D eigenvalue weighted by molar-refractivity contribution is 9.10. The van der Waals surface area contributed by atoms with Crippen molar-refractivity contribution < 1.29 is 14.4 Å². The molecule has 0 fully saturated rings. The molecule has 7 heteroatoms. The van der Waals surface area contributed by atoms with Crippen LogP contribution in [0, 0.1) is 6.92 Å². The van der Waals surface area contributed by atoms with Gasteiger partial charge in [0.25, 0.3) is 0 Å². The lowest BCUT2D eigenvalue weighted by Crippen LogP contribution is -2.39. The number of halogens is 1. The van der Waals surface area contributed by atoms with Crippen molar-refractivity contribution in [3.8, 4) is 0 Å². The number of amides is 3. The topological polar surface area (TPSA) is 87.3 Å². The number of carbonyl (C=O) groups excluding carboxylic acids is 3. The lowest BCUT2D eigenvalue weighted by Gasteiger charge is -2.08. The van der Waals surface area contributed by atoms with Crippen LogP contribution >= 0.6 is 15.9 Å². The highest BCUT2D eigenvalue weighted by Gasteiger charge is 2.14. The Balaban J connectivity index is 1.80. The molecule has 6 nitrogen and oxygen atoms in total. The van der Waals surface area contributed by atoms with Gasteiger partial charge in [0, 0.05) is 15.8 Å². The predicted molar refractivity (Wildman–Crippen MR) is 95.6 cm³/mol. The number of aryl methyl sites for hydroxylation is 1. The molecule has 0 radical (unpaired) electrons. The Morgan fingerprint density at radius 2 is 1.62 bits per heavy atom. The van der Waals surface area contributed by atoms with Crippen LogP contribution in [0.2, 0.25) is 0 Å². The molecule has 0 bridgehead atoms. The van der Waals surface area contributed by atoms with E-state index >= 15 is 0 Å². The highest BCUT2D eigenvalue weighted by Crippen LogP contribution is 2.13. The van der Waals surface area contributed by atoms with E-state index < -0.39 is 17.7 Å². The van der Waals surface area contributed by atoms with Crippen LogP contribution in [0.15, 0.2) is 53.0 Å². The summed E-state index contributed by atoms with van der Waals surface area (Å²) in [5.74, 6) is -2.12.